The fourth-order valence-electron chi connectivity index (χ4n) is 1.58. The molecule has 1 N–H and O–H groups in total. The molecule has 1 amide bonds. The van der Waals surface area contributed by atoms with Gasteiger partial charge in [0.15, 0.2) is 6.29 Å². The Morgan fingerprint density at radius 3 is 3.07 bits per heavy atom. The van der Waals surface area contributed by atoms with E-state index >= 15 is 0 Å². The normalized spacial score (nSPS) is 32.4. The van der Waals surface area contributed by atoms with Gasteiger partial charge in [-0.2, -0.15) is 0 Å². The Hall–Kier alpha value is -0.810. The summed E-state index contributed by atoms with van der Waals surface area (Å²) in [6, 6.07) is 0. The summed E-state index contributed by atoms with van der Waals surface area (Å²) >= 11 is 0. The van der Waals surface area contributed by atoms with E-state index in [0.717, 1.165) is 25.9 Å². The van der Waals surface area contributed by atoms with Gasteiger partial charge in [0.05, 0.1) is 13.2 Å². The molecule has 80 valence electrons. The standard InChI is InChI=1S/C9H15NO4/c11-9-10-5-7(14-9)6-13-8-3-1-2-4-12-8/h7-8H,1-6H2,(H,10,11)/t7-,8-/m1/s1. The number of carbonyl (C=O) groups is 1. The van der Waals surface area contributed by atoms with Crippen molar-refractivity contribution in [2.24, 2.45) is 0 Å². The van der Waals surface area contributed by atoms with Crippen molar-refractivity contribution < 1.29 is 19.0 Å². The van der Waals surface area contributed by atoms with Crippen molar-refractivity contribution in [3.05, 3.63) is 0 Å². The number of nitrogens with one attached hydrogen (secondary N) is 1. The molecule has 0 aliphatic carbocycles. The van der Waals surface area contributed by atoms with Crippen LogP contribution in [0.5, 0.6) is 0 Å². The predicted molar refractivity (Wildman–Crippen MR) is 47.8 cm³/mol. The second kappa shape index (κ2) is 4.61. The lowest BCUT2D eigenvalue weighted by atomic mass is 10.2. The highest BCUT2D eigenvalue weighted by Crippen LogP contribution is 2.14. The molecule has 2 saturated heterocycles. The minimum atomic E-state index is -0.358. The molecule has 2 aliphatic rings. The van der Waals surface area contributed by atoms with Crippen LogP contribution >= 0.6 is 0 Å². The van der Waals surface area contributed by atoms with Gasteiger partial charge >= 0.3 is 6.09 Å². The first-order chi connectivity index (χ1) is 6.84. The summed E-state index contributed by atoms with van der Waals surface area (Å²) in [6.45, 7) is 1.72. The Bertz CT molecular complexity index is 203. The number of carbonyl (C=O) groups excluding carboxylic acids is 1. The number of alkyl carbamates (subject to hydrolysis) is 1. The molecule has 0 spiro atoms. The molecule has 2 atom stereocenters. The quantitative estimate of drug-likeness (QED) is 0.728. The maximum Gasteiger partial charge on any atom is 0.407 e. The van der Waals surface area contributed by atoms with Gasteiger partial charge in [-0.3, -0.25) is 0 Å². The minimum Gasteiger partial charge on any atom is -0.442 e. The van der Waals surface area contributed by atoms with Crippen LogP contribution in [0.15, 0.2) is 0 Å². The summed E-state index contributed by atoms with van der Waals surface area (Å²) in [6.07, 6.45) is 2.57. The molecule has 0 bridgehead atoms. The van der Waals surface area contributed by atoms with Crippen molar-refractivity contribution in [1.29, 1.82) is 0 Å². The number of hydrogen-bond donors (Lipinski definition) is 1. The van der Waals surface area contributed by atoms with Crippen LogP contribution in [0.3, 0.4) is 0 Å². The van der Waals surface area contributed by atoms with Gasteiger partial charge in [-0.1, -0.05) is 0 Å². The van der Waals surface area contributed by atoms with E-state index in [1.807, 2.05) is 0 Å². The fourth-order valence-corrected chi connectivity index (χ4v) is 1.58. The summed E-state index contributed by atoms with van der Waals surface area (Å²) in [5.74, 6) is 0. The Morgan fingerprint density at radius 2 is 2.43 bits per heavy atom. The molecule has 0 unspecified atom stereocenters. The molecule has 5 heteroatoms. The first-order valence-corrected chi connectivity index (χ1v) is 5.02. The second-order valence-electron chi connectivity index (χ2n) is 3.54. The molecule has 2 fully saturated rings. The van der Waals surface area contributed by atoms with Crippen molar-refractivity contribution in [3.8, 4) is 0 Å². The molecule has 0 aromatic carbocycles. The lowest BCUT2D eigenvalue weighted by molar-refractivity contribution is -0.172. The highest BCUT2D eigenvalue weighted by Gasteiger charge is 2.24. The number of rotatable bonds is 3. The van der Waals surface area contributed by atoms with E-state index in [0.29, 0.717) is 13.2 Å². The second-order valence-corrected chi connectivity index (χ2v) is 3.54. The van der Waals surface area contributed by atoms with E-state index < -0.39 is 0 Å². The molecule has 0 aromatic heterocycles. The third kappa shape index (κ3) is 2.59. The summed E-state index contributed by atoms with van der Waals surface area (Å²) in [7, 11) is 0. The van der Waals surface area contributed by atoms with Crippen molar-refractivity contribution in [1.82, 2.24) is 5.32 Å². The first kappa shape index (κ1) is 9.73. The highest BCUT2D eigenvalue weighted by molar-refractivity contribution is 5.69. The van der Waals surface area contributed by atoms with Gasteiger partial charge in [0.25, 0.3) is 0 Å². The highest BCUT2D eigenvalue weighted by atomic mass is 16.7. The number of cyclic esters (lactones) is 1. The number of amides is 1. The third-order valence-corrected chi connectivity index (χ3v) is 2.35. The van der Waals surface area contributed by atoms with Gasteiger partial charge < -0.3 is 19.5 Å². The zero-order valence-electron chi connectivity index (χ0n) is 8.03. The van der Waals surface area contributed by atoms with Gasteiger partial charge in [0.2, 0.25) is 0 Å². The van der Waals surface area contributed by atoms with Crippen LogP contribution in [0.2, 0.25) is 0 Å². The van der Waals surface area contributed by atoms with Crippen LogP contribution in [0.1, 0.15) is 19.3 Å². The van der Waals surface area contributed by atoms with E-state index in [9.17, 15) is 4.79 Å². The van der Waals surface area contributed by atoms with Gasteiger partial charge in [0.1, 0.15) is 6.10 Å². The topological polar surface area (TPSA) is 56.8 Å². The molecule has 0 saturated carbocycles. The molecule has 2 rings (SSSR count). The van der Waals surface area contributed by atoms with Crippen molar-refractivity contribution in [3.63, 3.8) is 0 Å². The molecule has 2 heterocycles. The molecule has 5 nitrogen and oxygen atoms in total. The van der Waals surface area contributed by atoms with Crippen molar-refractivity contribution in [2.75, 3.05) is 19.8 Å². The van der Waals surface area contributed by atoms with E-state index in [2.05, 4.69) is 5.32 Å². The van der Waals surface area contributed by atoms with Crippen molar-refractivity contribution in [2.45, 2.75) is 31.7 Å². The first-order valence-electron chi connectivity index (χ1n) is 5.02. The number of hydrogen-bond acceptors (Lipinski definition) is 4. The molecule has 14 heavy (non-hydrogen) atoms. The van der Waals surface area contributed by atoms with Crippen molar-refractivity contribution >= 4 is 6.09 Å². The van der Waals surface area contributed by atoms with E-state index in [-0.39, 0.29) is 18.5 Å². The summed E-state index contributed by atoms with van der Waals surface area (Å²) in [5, 5.41) is 2.58. The van der Waals surface area contributed by atoms with Gasteiger partial charge in [0, 0.05) is 6.61 Å². The van der Waals surface area contributed by atoms with Crippen LogP contribution in [-0.4, -0.2) is 38.2 Å². The molecule has 2 aliphatic heterocycles. The van der Waals surface area contributed by atoms with E-state index in [4.69, 9.17) is 14.2 Å². The Labute approximate surface area is 82.7 Å². The van der Waals surface area contributed by atoms with Crippen LogP contribution in [0.4, 0.5) is 4.79 Å². The minimum absolute atomic E-state index is 0.108. The lowest BCUT2D eigenvalue weighted by Gasteiger charge is -2.23. The summed E-state index contributed by atoms with van der Waals surface area (Å²) in [5.41, 5.74) is 0. The zero-order chi connectivity index (χ0) is 9.80. The Morgan fingerprint density at radius 1 is 1.50 bits per heavy atom. The maximum absolute atomic E-state index is 10.7. The van der Waals surface area contributed by atoms with Gasteiger partial charge in [-0.15, -0.1) is 0 Å². The maximum atomic E-state index is 10.7. The summed E-state index contributed by atoms with van der Waals surface area (Å²) < 4.78 is 15.8. The lowest BCUT2D eigenvalue weighted by Crippen LogP contribution is -2.28. The monoisotopic (exact) mass is 201 g/mol. The Balaban J connectivity index is 1.63. The molecular formula is C9H15NO4. The average Bonchev–Trinajstić information content (AvgIpc) is 2.63. The predicted octanol–water partition coefficient (Wildman–Crippen LogP) is 0.638. The fraction of sp³-hybridized carbons (Fsp3) is 0.889. The van der Waals surface area contributed by atoms with Crippen LogP contribution in [0, 0.1) is 0 Å². The van der Waals surface area contributed by atoms with Crippen LogP contribution in [-0.2, 0) is 14.2 Å². The SMILES string of the molecule is O=C1NC[C@H](CO[C@@H]2CCCCO2)O1. The van der Waals surface area contributed by atoms with Crippen LogP contribution < -0.4 is 5.32 Å². The van der Waals surface area contributed by atoms with Crippen LogP contribution in [0.25, 0.3) is 0 Å². The van der Waals surface area contributed by atoms with E-state index in [1.54, 1.807) is 0 Å². The largest absolute Gasteiger partial charge is 0.442 e. The molecule has 0 aromatic rings. The third-order valence-electron chi connectivity index (χ3n) is 2.35. The van der Waals surface area contributed by atoms with Gasteiger partial charge in [-0.25, -0.2) is 4.79 Å². The zero-order valence-corrected chi connectivity index (χ0v) is 8.03. The van der Waals surface area contributed by atoms with Gasteiger partial charge in [-0.05, 0) is 19.3 Å². The molecule has 0 radical (unpaired) electrons. The number of ether oxygens (including phenoxy) is 3. The smallest absolute Gasteiger partial charge is 0.407 e. The average molecular weight is 201 g/mol. The summed E-state index contributed by atoms with van der Waals surface area (Å²) in [4.78, 5) is 10.7. The molecular weight excluding hydrogens is 186 g/mol. The van der Waals surface area contributed by atoms with E-state index in [1.165, 1.54) is 0 Å². The Kier molecular flexibility index (Phi) is 3.21.